The third-order valence-corrected chi connectivity index (χ3v) is 4.43. The summed E-state index contributed by atoms with van der Waals surface area (Å²) < 4.78 is 2.26. The zero-order valence-electron chi connectivity index (χ0n) is 11.6. The Kier molecular flexibility index (Phi) is 4.36. The number of imidazole rings is 1. The fourth-order valence-corrected chi connectivity index (χ4v) is 2.85. The highest BCUT2D eigenvalue weighted by molar-refractivity contribution is 6.34. The molecule has 0 atom stereocenters. The van der Waals surface area contributed by atoms with Gasteiger partial charge in [-0.05, 0) is 19.8 Å². The predicted molar refractivity (Wildman–Crippen MR) is 81.2 cm³/mol. The summed E-state index contributed by atoms with van der Waals surface area (Å²) in [5, 5.41) is 0.652. The lowest BCUT2D eigenvalue weighted by molar-refractivity contribution is 0.294. The SMILES string of the molecule is CCC(C)(CC)n1c(CCCl)nc2cncc(Cl)c21. The van der Waals surface area contributed by atoms with E-state index in [1.54, 1.807) is 12.4 Å². The Morgan fingerprint density at radius 3 is 2.53 bits per heavy atom. The molecule has 0 saturated heterocycles. The first-order chi connectivity index (χ1) is 9.07. The molecule has 3 nitrogen and oxygen atoms in total. The van der Waals surface area contributed by atoms with E-state index < -0.39 is 0 Å². The lowest BCUT2D eigenvalue weighted by Crippen LogP contribution is -2.30. The first-order valence-corrected chi connectivity index (χ1v) is 7.56. The van der Waals surface area contributed by atoms with Gasteiger partial charge in [0.05, 0.1) is 16.7 Å². The highest BCUT2D eigenvalue weighted by Gasteiger charge is 2.28. The maximum atomic E-state index is 6.34. The highest BCUT2D eigenvalue weighted by atomic mass is 35.5. The van der Waals surface area contributed by atoms with Crippen LogP contribution in [0.5, 0.6) is 0 Å². The average Bonchev–Trinajstić information content (AvgIpc) is 2.78. The normalized spacial score (nSPS) is 12.3. The lowest BCUT2D eigenvalue weighted by Gasteiger charge is -2.31. The molecule has 2 heterocycles. The van der Waals surface area contributed by atoms with Crippen molar-refractivity contribution in [2.75, 3.05) is 5.88 Å². The number of halogens is 2. The van der Waals surface area contributed by atoms with E-state index in [0.29, 0.717) is 10.9 Å². The fourth-order valence-electron chi connectivity index (χ4n) is 2.44. The van der Waals surface area contributed by atoms with Crippen LogP contribution in [0.3, 0.4) is 0 Å². The van der Waals surface area contributed by atoms with Crippen molar-refractivity contribution in [3.63, 3.8) is 0 Å². The molecule has 0 aliphatic heterocycles. The van der Waals surface area contributed by atoms with Crippen LogP contribution >= 0.6 is 23.2 Å². The summed E-state index contributed by atoms with van der Waals surface area (Å²) in [6.07, 6.45) is 6.22. The molecule has 0 N–H and O–H groups in total. The number of aromatic nitrogens is 3. The van der Waals surface area contributed by atoms with Crippen molar-refractivity contribution in [1.82, 2.24) is 14.5 Å². The number of nitrogens with zero attached hydrogens (tertiary/aromatic N) is 3. The van der Waals surface area contributed by atoms with Crippen LogP contribution < -0.4 is 0 Å². The molecule has 104 valence electrons. The molecule has 2 rings (SSSR count). The van der Waals surface area contributed by atoms with Gasteiger partial charge in [-0.15, -0.1) is 11.6 Å². The number of fused-ring (bicyclic) bond motifs is 1. The second-order valence-corrected chi connectivity index (χ2v) is 5.78. The Hall–Kier alpha value is -0.800. The van der Waals surface area contributed by atoms with Crippen molar-refractivity contribution in [1.29, 1.82) is 0 Å². The van der Waals surface area contributed by atoms with Gasteiger partial charge in [0.25, 0.3) is 0 Å². The second-order valence-electron chi connectivity index (χ2n) is 5.00. The summed E-state index contributed by atoms with van der Waals surface area (Å²) in [6, 6.07) is 0. The summed E-state index contributed by atoms with van der Waals surface area (Å²) >= 11 is 12.2. The quantitative estimate of drug-likeness (QED) is 0.766. The standard InChI is InChI=1S/C14H19Cl2N3/c1-4-14(3,5-2)19-12(6-7-15)18-11-9-17-8-10(16)13(11)19/h8-9H,4-7H2,1-3H3. The van der Waals surface area contributed by atoms with Gasteiger partial charge in [-0.2, -0.15) is 0 Å². The summed E-state index contributed by atoms with van der Waals surface area (Å²) in [7, 11) is 0. The molecule has 19 heavy (non-hydrogen) atoms. The Morgan fingerprint density at radius 2 is 1.95 bits per heavy atom. The molecule has 0 aliphatic carbocycles. The Labute approximate surface area is 123 Å². The van der Waals surface area contributed by atoms with Crippen LogP contribution in [0, 0.1) is 0 Å². The molecule has 0 aliphatic rings. The first kappa shape index (κ1) is 14.6. The molecule has 0 fully saturated rings. The van der Waals surface area contributed by atoms with Gasteiger partial charge in [0, 0.05) is 24.0 Å². The summed E-state index contributed by atoms with van der Waals surface area (Å²) in [6.45, 7) is 6.62. The van der Waals surface area contributed by atoms with Gasteiger partial charge < -0.3 is 4.57 Å². The molecule has 2 aromatic heterocycles. The van der Waals surface area contributed by atoms with Crippen molar-refractivity contribution in [2.24, 2.45) is 0 Å². The van der Waals surface area contributed by atoms with Gasteiger partial charge in [-0.3, -0.25) is 4.98 Å². The number of hydrogen-bond donors (Lipinski definition) is 0. The third-order valence-electron chi connectivity index (χ3n) is 3.97. The van der Waals surface area contributed by atoms with Crippen molar-refractivity contribution < 1.29 is 0 Å². The highest BCUT2D eigenvalue weighted by Crippen LogP contribution is 2.34. The number of hydrogen-bond acceptors (Lipinski definition) is 2. The van der Waals surface area contributed by atoms with E-state index in [-0.39, 0.29) is 5.54 Å². The minimum Gasteiger partial charge on any atom is -0.321 e. The average molecular weight is 300 g/mol. The van der Waals surface area contributed by atoms with Crippen LogP contribution in [-0.2, 0) is 12.0 Å². The lowest BCUT2D eigenvalue weighted by atomic mass is 9.94. The number of aryl methyl sites for hydroxylation is 1. The van der Waals surface area contributed by atoms with Gasteiger partial charge in [0.1, 0.15) is 11.3 Å². The number of pyridine rings is 1. The Balaban J connectivity index is 2.77. The predicted octanol–water partition coefficient (Wildman–Crippen LogP) is 4.40. The van der Waals surface area contributed by atoms with Crippen LogP contribution in [0.15, 0.2) is 12.4 Å². The molecule has 0 unspecified atom stereocenters. The van der Waals surface area contributed by atoms with E-state index in [4.69, 9.17) is 23.2 Å². The summed E-state index contributed by atoms with van der Waals surface area (Å²) in [5.74, 6) is 1.55. The van der Waals surface area contributed by atoms with Gasteiger partial charge in [0.15, 0.2) is 0 Å². The minimum absolute atomic E-state index is 0.00113. The maximum Gasteiger partial charge on any atom is 0.111 e. The van der Waals surface area contributed by atoms with Crippen molar-refractivity contribution in [3.05, 3.63) is 23.2 Å². The van der Waals surface area contributed by atoms with E-state index in [1.165, 1.54) is 0 Å². The minimum atomic E-state index is 0.00113. The molecule has 2 aromatic rings. The third kappa shape index (κ3) is 2.46. The second kappa shape index (κ2) is 5.68. The molecule has 5 heteroatoms. The maximum absolute atomic E-state index is 6.34. The molecule has 0 bridgehead atoms. The summed E-state index contributed by atoms with van der Waals surface area (Å²) in [5.41, 5.74) is 1.82. The van der Waals surface area contributed by atoms with Crippen molar-refractivity contribution in [2.45, 2.75) is 45.6 Å². The van der Waals surface area contributed by atoms with Crippen LogP contribution in [0.4, 0.5) is 0 Å². The van der Waals surface area contributed by atoms with E-state index >= 15 is 0 Å². The largest absolute Gasteiger partial charge is 0.321 e. The fraction of sp³-hybridized carbons (Fsp3) is 0.571. The Bertz CT molecular complexity index is 573. The smallest absolute Gasteiger partial charge is 0.111 e. The zero-order chi connectivity index (χ0) is 14.0. The molecule has 0 amide bonds. The van der Waals surface area contributed by atoms with Crippen LogP contribution in [-0.4, -0.2) is 20.4 Å². The zero-order valence-corrected chi connectivity index (χ0v) is 13.1. The van der Waals surface area contributed by atoms with E-state index in [1.807, 2.05) is 0 Å². The molecule has 0 spiro atoms. The monoisotopic (exact) mass is 299 g/mol. The van der Waals surface area contributed by atoms with Gasteiger partial charge in [0.2, 0.25) is 0 Å². The molecule has 0 saturated carbocycles. The number of rotatable bonds is 5. The van der Waals surface area contributed by atoms with Gasteiger partial charge in [-0.25, -0.2) is 4.98 Å². The molecular formula is C14H19Cl2N3. The topological polar surface area (TPSA) is 30.7 Å². The van der Waals surface area contributed by atoms with Gasteiger partial charge in [-0.1, -0.05) is 25.4 Å². The van der Waals surface area contributed by atoms with E-state index in [9.17, 15) is 0 Å². The Morgan fingerprint density at radius 1 is 1.26 bits per heavy atom. The van der Waals surface area contributed by atoms with Gasteiger partial charge >= 0.3 is 0 Å². The molecular weight excluding hydrogens is 281 g/mol. The van der Waals surface area contributed by atoms with Crippen molar-refractivity contribution in [3.8, 4) is 0 Å². The van der Waals surface area contributed by atoms with Crippen LogP contribution in [0.2, 0.25) is 5.02 Å². The van der Waals surface area contributed by atoms with Crippen molar-refractivity contribution >= 4 is 34.2 Å². The van der Waals surface area contributed by atoms with Crippen LogP contribution in [0.1, 0.15) is 39.4 Å². The molecule has 0 radical (unpaired) electrons. The molecule has 0 aromatic carbocycles. The summed E-state index contributed by atoms with van der Waals surface area (Å²) in [4.78, 5) is 8.78. The van der Waals surface area contributed by atoms with E-state index in [0.717, 1.165) is 36.1 Å². The van der Waals surface area contributed by atoms with Crippen LogP contribution in [0.25, 0.3) is 11.0 Å². The first-order valence-electron chi connectivity index (χ1n) is 6.64. The van der Waals surface area contributed by atoms with E-state index in [2.05, 4.69) is 35.3 Å². The number of alkyl halides is 1.